The number of aliphatic carboxylic acids is 1. The van der Waals surface area contributed by atoms with Crippen LogP contribution in [0.25, 0.3) is 0 Å². The van der Waals surface area contributed by atoms with Crippen LogP contribution in [0.3, 0.4) is 0 Å². The minimum atomic E-state index is -0.909. The Morgan fingerprint density at radius 1 is 1.14 bits per heavy atom. The number of rotatable bonds is 6. The van der Waals surface area contributed by atoms with Gasteiger partial charge in [-0.3, -0.25) is 4.79 Å². The van der Waals surface area contributed by atoms with Gasteiger partial charge < -0.3 is 14.6 Å². The molecule has 0 saturated heterocycles. The molecule has 0 aliphatic heterocycles. The Morgan fingerprint density at radius 2 is 1.86 bits per heavy atom. The van der Waals surface area contributed by atoms with E-state index in [1.54, 1.807) is 31.4 Å². The molecular formula is C17H18O4. The highest BCUT2D eigenvalue weighted by molar-refractivity contribution is 5.76. The molecule has 0 aliphatic carbocycles. The SMILES string of the molecule is COc1ccc(C(COc2cccc(C)c2)C(=O)O)cc1. The lowest BCUT2D eigenvalue weighted by atomic mass is 10.00. The van der Waals surface area contributed by atoms with Crippen LogP contribution in [-0.4, -0.2) is 24.8 Å². The molecule has 110 valence electrons. The largest absolute Gasteiger partial charge is 0.497 e. The van der Waals surface area contributed by atoms with Crippen LogP contribution in [0.2, 0.25) is 0 Å². The van der Waals surface area contributed by atoms with E-state index in [0.717, 1.165) is 5.56 Å². The van der Waals surface area contributed by atoms with Gasteiger partial charge in [-0.2, -0.15) is 0 Å². The van der Waals surface area contributed by atoms with Gasteiger partial charge in [-0.15, -0.1) is 0 Å². The number of ether oxygens (including phenoxy) is 2. The van der Waals surface area contributed by atoms with E-state index in [2.05, 4.69) is 0 Å². The number of carboxylic acids is 1. The average Bonchev–Trinajstić information content (AvgIpc) is 2.48. The summed E-state index contributed by atoms with van der Waals surface area (Å²) in [7, 11) is 1.57. The molecule has 0 saturated carbocycles. The van der Waals surface area contributed by atoms with Crippen molar-refractivity contribution in [3.63, 3.8) is 0 Å². The maximum Gasteiger partial charge on any atom is 0.314 e. The van der Waals surface area contributed by atoms with Gasteiger partial charge in [-0.05, 0) is 42.3 Å². The summed E-state index contributed by atoms with van der Waals surface area (Å²) in [6, 6.07) is 14.5. The van der Waals surface area contributed by atoms with E-state index in [0.29, 0.717) is 17.1 Å². The van der Waals surface area contributed by atoms with Crippen molar-refractivity contribution in [2.75, 3.05) is 13.7 Å². The molecule has 21 heavy (non-hydrogen) atoms. The van der Waals surface area contributed by atoms with E-state index in [9.17, 15) is 9.90 Å². The average molecular weight is 286 g/mol. The molecule has 0 amide bonds. The van der Waals surface area contributed by atoms with Gasteiger partial charge in [0, 0.05) is 0 Å². The fourth-order valence-corrected chi connectivity index (χ4v) is 2.03. The number of methoxy groups -OCH3 is 1. The first-order chi connectivity index (χ1) is 10.1. The Hall–Kier alpha value is -2.49. The van der Waals surface area contributed by atoms with Crippen molar-refractivity contribution in [1.82, 2.24) is 0 Å². The summed E-state index contributed by atoms with van der Waals surface area (Å²) in [6.07, 6.45) is 0. The molecule has 0 spiro atoms. The molecule has 2 aromatic rings. The van der Waals surface area contributed by atoms with Crippen LogP contribution in [0, 0.1) is 6.92 Å². The third-order valence-corrected chi connectivity index (χ3v) is 3.22. The number of aryl methyl sites for hydroxylation is 1. The van der Waals surface area contributed by atoms with Crippen LogP contribution in [0.15, 0.2) is 48.5 Å². The Kier molecular flexibility index (Phi) is 4.82. The summed E-state index contributed by atoms with van der Waals surface area (Å²) in [5, 5.41) is 9.37. The van der Waals surface area contributed by atoms with Gasteiger partial charge in [0.25, 0.3) is 0 Å². The molecular weight excluding hydrogens is 268 g/mol. The van der Waals surface area contributed by atoms with Crippen molar-refractivity contribution < 1.29 is 19.4 Å². The third kappa shape index (κ3) is 3.99. The molecule has 4 nitrogen and oxygen atoms in total. The van der Waals surface area contributed by atoms with E-state index >= 15 is 0 Å². The quantitative estimate of drug-likeness (QED) is 0.885. The zero-order chi connectivity index (χ0) is 15.2. The van der Waals surface area contributed by atoms with Crippen molar-refractivity contribution in [2.24, 2.45) is 0 Å². The van der Waals surface area contributed by atoms with Crippen LogP contribution < -0.4 is 9.47 Å². The van der Waals surface area contributed by atoms with Crippen molar-refractivity contribution in [3.05, 3.63) is 59.7 Å². The predicted octanol–water partition coefficient (Wildman–Crippen LogP) is 3.25. The molecule has 2 aromatic carbocycles. The van der Waals surface area contributed by atoms with Gasteiger partial charge in [-0.1, -0.05) is 24.3 Å². The number of carboxylic acid groups (broad SMARTS) is 1. The standard InChI is InChI=1S/C17H18O4/c1-12-4-3-5-15(10-12)21-11-16(17(18)19)13-6-8-14(20-2)9-7-13/h3-10,16H,11H2,1-2H3,(H,18,19). The van der Waals surface area contributed by atoms with Crippen molar-refractivity contribution in [1.29, 1.82) is 0 Å². The summed E-state index contributed by atoms with van der Waals surface area (Å²) in [4.78, 5) is 11.4. The Bertz CT molecular complexity index is 604. The highest BCUT2D eigenvalue weighted by Crippen LogP contribution is 2.22. The lowest BCUT2D eigenvalue weighted by Gasteiger charge is -2.15. The van der Waals surface area contributed by atoms with E-state index in [1.807, 2.05) is 31.2 Å². The molecule has 2 rings (SSSR count). The summed E-state index contributed by atoms with van der Waals surface area (Å²) >= 11 is 0. The van der Waals surface area contributed by atoms with Gasteiger partial charge in [-0.25, -0.2) is 0 Å². The van der Waals surface area contributed by atoms with Gasteiger partial charge in [0.1, 0.15) is 24.0 Å². The van der Waals surface area contributed by atoms with Crippen molar-refractivity contribution >= 4 is 5.97 Å². The highest BCUT2D eigenvalue weighted by Gasteiger charge is 2.20. The van der Waals surface area contributed by atoms with Gasteiger partial charge in [0.05, 0.1) is 7.11 Å². The molecule has 0 radical (unpaired) electrons. The van der Waals surface area contributed by atoms with Gasteiger partial charge in [0.2, 0.25) is 0 Å². The molecule has 0 heterocycles. The van der Waals surface area contributed by atoms with Crippen molar-refractivity contribution in [3.8, 4) is 11.5 Å². The highest BCUT2D eigenvalue weighted by atomic mass is 16.5. The van der Waals surface area contributed by atoms with Crippen LogP contribution >= 0.6 is 0 Å². The number of hydrogen-bond acceptors (Lipinski definition) is 3. The van der Waals surface area contributed by atoms with Gasteiger partial charge >= 0.3 is 5.97 Å². The summed E-state index contributed by atoms with van der Waals surface area (Å²) in [5.41, 5.74) is 1.76. The second kappa shape index (κ2) is 6.79. The Labute approximate surface area is 123 Å². The zero-order valence-corrected chi connectivity index (χ0v) is 12.1. The summed E-state index contributed by atoms with van der Waals surface area (Å²) in [5.74, 6) is -0.249. The van der Waals surface area contributed by atoms with Crippen LogP contribution in [0.5, 0.6) is 11.5 Å². The molecule has 1 unspecified atom stereocenters. The van der Waals surface area contributed by atoms with E-state index < -0.39 is 11.9 Å². The lowest BCUT2D eigenvalue weighted by molar-refractivity contribution is -0.139. The second-order valence-electron chi connectivity index (χ2n) is 4.79. The van der Waals surface area contributed by atoms with Crippen LogP contribution in [-0.2, 0) is 4.79 Å². The normalized spacial score (nSPS) is 11.7. The molecule has 1 atom stereocenters. The fraction of sp³-hybridized carbons (Fsp3) is 0.235. The number of carbonyl (C=O) groups is 1. The molecule has 0 aromatic heterocycles. The van der Waals surface area contributed by atoms with E-state index in [4.69, 9.17) is 9.47 Å². The first kappa shape index (κ1) is 14.9. The smallest absolute Gasteiger partial charge is 0.314 e. The van der Waals surface area contributed by atoms with Crippen LogP contribution in [0.4, 0.5) is 0 Å². The zero-order valence-electron chi connectivity index (χ0n) is 12.1. The molecule has 0 aliphatic rings. The number of benzene rings is 2. The maximum absolute atomic E-state index is 11.4. The first-order valence-electron chi connectivity index (χ1n) is 6.66. The molecule has 0 bridgehead atoms. The van der Waals surface area contributed by atoms with Crippen molar-refractivity contribution in [2.45, 2.75) is 12.8 Å². The monoisotopic (exact) mass is 286 g/mol. The second-order valence-corrected chi connectivity index (χ2v) is 4.79. The van der Waals surface area contributed by atoms with E-state index in [1.165, 1.54) is 0 Å². The molecule has 0 fully saturated rings. The summed E-state index contributed by atoms with van der Waals surface area (Å²) < 4.78 is 10.7. The minimum Gasteiger partial charge on any atom is -0.497 e. The minimum absolute atomic E-state index is 0.0884. The third-order valence-electron chi connectivity index (χ3n) is 3.22. The molecule has 4 heteroatoms. The first-order valence-corrected chi connectivity index (χ1v) is 6.66. The molecule has 1 N–H and O–H groups in total. The Balaban J connectivity index is 2.10. The Morgan fingerprint density at radius 3 is 2.43 bits per heavy atom. The number of hydrogen-bond donors (Lipinski definition) is 1. The van der Waals surface area contributed by atoms with E-state index in [-0.39, 0.29) is 6.61 Å². The topological polar surface area (TPSA) is 55.8 Å². The lowest BCUT2D eigenvalue weighted by Crippen LogP contribution is -2.19. The maximum atomic E-state index is 11.4. The fourth-order valence-electron chi connectivity index (χ4n) is 2.03. The van der Waals surface area contributed by atoms with Crippen LogP contribution in [0.1, 0.15) is 17.0 Å². The summed E-state index contributed by atoms with van der Waals surface area (Å²) in [6.45, 7) is 2.05. The van der Waals surface area contributed by atoms with Gasteiger partial charge in [0.15, 0.2) is 0 Å². The predicted molar refractivity (Wildman–Crippen MR) is 80.0 cm³/mol.